The van der Waals surface area contributed by atoms with E-state index in [0.29, 0.717) is 0 Å². The lowest BCUT2D eigenvalue weighted by Gasteiger charge is -2.43. The summed E-state index contributed by atoms with van der Waals surface area (Å²) >= 11 is 0. The minimum Gasteiger partial charge on any atom is -0.301 e. The van der Waals surface area contributed by atoms with Crippen molar-refractivity contribution in [1.29, 1.82) is 0 Å². The number of rotatable bonds is 3. The molecule has 3 aliphatic rings. The van der Waals surface area contributed by atoms with Crippen LogP contribution in [0.4, 0.5) is 0 Å². The fraction of sp³-hybridized carbons (Fsp3) is 1.00. The van der Waals surface area contributed by atoms with Crippen molar-refractivity contribution in [3.8, 4) is 0 Å². The summed E-state index contributed by atoms with van der Waals surface area (Å²) in [6.07, 6.45) is 13.3. The standard InChI is InChI=1S/C19H36N2/c1-16(2)20-12-8-17(9-13-20)18-10-14-21(15-11-18)19-6-4-3-5-7-19/h16-19H,3-15H2,1-2H3. The summed E-state index contributed by atoms with van der Waals surface area (Å²) in [5.41, 5.74) is 0. The van der Waals surface area contributed by atoms with Crippen molar-refractivity contribution in [2.24, 2.45) is 11.8 Å². The first-order chi connectivity index (χ1) is 10.2. The Morgan fingerprint density at radius 2 is 1.19 bits per heavy atom. The number of hydrogen-bond acceptors (Lipinski definition) is 2. The summed E-state index contributed by atoms with van der Waals surface area (Å²) in [4.78, 5) is 5.52. The molecule has 1 saturated carbocycles. The Labute approximate surface area is 132 Å². The first-order valence-electron chi connectivity index (χ1n) is 9.72. The molecule has 0 amide bonds. The van der Waals surface area contributed by atoms with E-state index in [1.165, 1.54) is 84.0 Å². The predicted octanol–water partition coefficient (Wildman–Crippen LogP) is 4.15. The molecule has 0 aromatic carbocycles. The van der Waals surface area contributed by atoms with Gasteiger partial charge >= 0.3 is 0 Å². The summed E-state index contributed by atoms with van der Waals surface area (Å²) in [6, 6.07) is 1.70. The van der Waals surface area contributed by atoms with Crippen LogP contribution in [0.3, 0.4) is 0 Å². The second-order valence-corrected chi connectivity index (χ2v) is 8.13. The maximum atomic E-state index is 2.85. The highest BCUT2D eigenvalue weighted by Gasteiger charge is 2.32. The Hall–Kier alpha value is -0.0800. The van der Waals surface area contributed by atoms with Gasteiger partial charge in [-0.15, -0.1) is 0 Å². The van der Waals surface area contributed by atoms with E-state index in [1.54, 1.807) is 0 Å². The molecule has 0 bridgehead atoms. The Morgan fingerprint density at radius 3 is 1.71 bits per heavy atom. The molecule has 3 rings (SSSR count). The van der Waals surface area contributed by atoms with Gasteiger partial charge in [-0.1, -0.05) is 19.3 Å². The Kier molecular flexibility index (Phi) is 5.61. The van der Waals surface area contributed by atoms with Crippen LogP contribution in [0.15, 0.2) is 0 Å². The van der Waals surface area contributed by atoms with Crippen molar-refractivity contribution in [3.63, 3.8) is 0 Å². The van der Waals surface area contributed by atoms with Crippen LogP contribution in [0.2, 0.25) is 0 Å². The largest absolute Gasteiger partial charge is 0.301 e. The molecule has 21 heavy (non-hydrogen) atoms. The Morgan fingerprint density at radius 1 is 0.667 bits per heavy atom. The van der Waals surface area contributed by atoms with Crippen LogP contribution in [0.25, 0.3) is 0 Å². The average molecular weight is 293 g/mol. The molecule has 0 N–H and O–H groups in total. The molecule has 2 nitrogen and oxygen atoms in total. The van der Waals surface area contributed by atoms with E-state index in [9.17, 15) is 0 Å². The van der Waals surface area contributed by atoms with Crippen LogP contribution in [-0.2, 0) is 0 Å². The van der Waals surface area contributed by atoms with Gasteiger partial charge in [-0.3, -0.25) is 0 Å². The molecule has 0 atom stereocenters. The van der Waals surface area contributed by atoms with E-state index in [1.807, 2.05) is 0 Å². The molecule has 2 aliphatic heterocycles. The van der Waals surface area contributed by atoms with Crippen molar-refractivity contribution in [2.75, 3.05) is 26.2 Å². The van der Waals surface area contributed by atoms with E-state index in [4.69, 9.17) is 0 Å². The van der Waals surface area contributed by atoms with Crippen molar-refractivity contribution in [2.45, 2.75) is 83.7 Å². The van der Waals surface area contributed by atoms with Gasteiger partial charge in [-0.25, -0.2) is 0 Å². The first-order valence-corrected chi connectivity index (χ1v) is 9.72. The van der Waals surface area contributed by atoms with E-state index in [0.717, 1.165) is 23.9 Å². The monoisotopic (exact) mass is 292 g/mol. The van der Waals surface area contributed by atoms with E-state index in [2.05, 4.69) is 23.6 Å². The molecular formula is C19H36N2. The lowest BCUT2D eigenvalue weighted by Crippen LogP contribution is -2.45. The zero-order valence-electron chi connectivity index (χ0n) is 14.4. The molecule has 0 unspecified atom stereocenters. The van der Waals surface area contributed by atoms with Gasteiger partial charge in [0.15, 0.2) is 0 Å². The zero-order valence-corrected chi connectivity index (χ0v) is 14.4. The second kappa shape index (κ2) is 7.46. The predicted molar refractivity (Wildman–Crippen MR) is 90.6 cm³/mol. The third-order valence-corrected chi connectivity index (χ3v) is 6.64. The molecule has 2 heteroatoms. The average Bonchev–Trinajstić information content (AvgIpc) is 2.56. The van der Waals surface area contributed by atoms with Crippen molar-refractivity contribution < 1.29 is 0 Å². The molecule has 2 saturated heterocycles. The number of piperidine rings is 2. The highest BCUT2D eigenvalue weighted by molar-refractivity contribution is 4.85. The third kappa shape index (κ3) is 4.01. The molecule has 122 valence electrons. The van der Waals surface area contributed by atoms with Crippen LogP contribution in [-0.4, -0.2) is 48.1 Å². The molecule has 3 fully saturated rings. The van der Waals surface area contributed by atoms with Gasteiger partial charge in [0, 0.05) is 12.1 Å². The van der Waals surface area contributed by atoms with Crippen LogP contribution < -0.4 is 0 Å². The van der Waals surface area contributed by atoms with Gasteiger partial charge in [-0.2, -0.15) is 0 Å². The van der Waals surface area contributed by atoms with Gasteiger partial charge in [0.05, 0.1) is 0 Å². The third-order valence-electron chi connectivity index (χ3n) is 6.64. The van der Waals surface area contributed by atoms with Gasteiger partial charge in [0.1, 0.15) is 0 Å². The molecule has 0 spiro atoms. The Bertz CT molecular complexity index is 293. The molecule has 0 aromatic rings. The van der Waals surface area contributed by atoms with Crippen molar-refractivity contribution in [3.05, 3.63) is 0 Å². The maximum Gasteiger partial charge on any atom is 0.00952 e. The zero-order chi connectivity index (χ0) is 14.7. The first kappa shape index (κ1) is 15.8. The van der Waals surface area contributed by atoms with Gasteiger partial charge in [0.25, 0.3) is 0 Å². The summed E-state index contributed by atoms with van der Waals surface area (Å²) in [5.74, 6) is 2.08. The summed E-state index contributed by atoms with van der Waals surface area (Å²) in [6.45, 7) is 10.2. The number of nitrogens with zero attached hydrogens (tertiary/aromatic N) is 2. The molecule has 0 aromatic heterocycles. The smallest absolute Gasteiger partial charge is 0.00952 e. The van der Waals surface area contributed by atoms with Crippen LogP contribution in [0.5, 0.6) is 0 Å². The summed E-state index contributed by atoms with van der Waals surface area (Å²) < 4.78 is 0. The topological polar surface area (TPSA) is 6.48 Å². The summed E-state index contributed by atoms with van der Waals surface area (Å²) in [7, 11) is 0. The number of likely N-dealkylation sites (tertiary alicyclic amines) is 2. The maximum absolute atomic E-state index is 2.85. The van der Waals surface area contributed by atoms with Crippen LogP contribution >= 0.6 is 0 Å². The van der Waals surface area contributed by atoms with E-state index >= 15 is 0 Å². The fourth-order valence-electron chi connectivity index (χ4n) is 5.11. The minimum absolute atomic E-state index is 0.749. The lowest BCUT2D eigenvalue weighted by molar-refractivity contribution is 0.0594. The molecule has 1 aliphatic carbocycles. The van der Waals surface area contributed by atoms with Crippen molar-refractivity contribution in [1.82, 2.24) is 9.80 Å². The highest BCUT2D eigenvalue weighted by Crippen LogP contribution is 2.34. The second-order valence-electron chi connectivity index (χ2n) is 8.13. The van der Waals surface area contributed by atoms with Gasteiger partial charge < -0.3 is 9.80 Å². The van der Waals surface area contributed by atoms with Gasteiger partial charge in [0.2, 0.25) is 0 Å². The SMILES string of the molecule is CC(C)N1CCC(C2CCN(C3CCCCC3)CC2)CC1. The Balaban J connectivity index is 1.41. The molecular weight excluding hydrogens is 256 g/mol. The van der Waals surface area contributed by atoms with Crippen LogP contribution in [0, 0.1) is 11.8 Å². The van der Waals surface area contributed by atoms with Crippen LogP contribution in [0.1, 0.15) is 71.6 Å². The van der Waals surface area contributed by atoms with E-state index in [-0.39, 0.29) is 0 Å². The lowest BCUT2D eigenvalue weighted by atomic mass is 9.78. The quantitative estimate of drug-likeness (QED) is 0.771. The number of hydrogen-bond donors (Lipinski definition) is 0. The molecule has 2 heterocycles. The molecule has 0 radical (unpaired) electrons. The fourth-order valence-corrected chi connectivity index (χ4v) is 5.11. The highest BCUT2D eigenvalue weighted by atomic mass is 15.2. The summed E-state index contributed by atoms with van der Waals surface area (Å²) in [5, 5.41) is 0. The normalized spacial score (nSPS) is 29.3. The van der Waals surface area contributed by atoms with Crippen molar-refractivity contribution >= 4 is 0 Å². The minimum atomic E-state index is 0.749. The van der Waals surface area contributed by atoms with Gasteiger partial charge in [-0.05, 0) is 90.4 Å². The van der Waals surface area contributed by atoms with E-state index < -0.39 is 0 Å².